The molecule has 0 amide bonds. The first-order chi connectivity index (χ1) is 17.3. The highest BCUT2D eigenvalue weighted by molar-refractivity contribution is 7.89. The largest absolute Gasteiger partial charge is 0.293 e. The Labute approximate surface area is 209 Å². The number of hydrogen-bond donors (Lipinski definition) is 1. The number of benzene rings is 4. The molecule has 0 spiro atoms. The molecule has 4 aromatic rings. The van der Waals surface area contributed by atoms with Crippen molar-refractivity contribution in [2.45, 2.75) is 23.8 Å². The maximum Gasteiger partial charge on any atom is 0.269 e. The minimum atomic E-state index is -4.06. The molecule has 0 saturated carbocycles. The van der Waals surface area contributed by atoms with Gasteiger partial charge in [-0.15, -0.1) is 0 Å². The summed E-state index contributed by atoms with van der Waals surface area (Å²) in [6.07, 6.45) is 0. The van der Waals surface area contributed by atoms with Crippen LogP contribution in [0.15, 0.2) is 114 Å². The summed E-state index contributed by atoms with van der Waals surface area (Å²) in [5.74, 6) is -1.22. The van der Waals surface area contributed by atoms with Gasteiger partial charge in [0.1, 0.15) is 0 Å². The van der Waals surface area contributed by atoms with Gasteiger partial charge in [0.2, 0.25) is 10.0 Å². The van der Waals surface area contributed by atoms with E-state index in [4.69, 9.17) is 0 Å². The second-order valence-electron chi connectivity index (χ2n) is 8.38. The smallest absolute Gasteiger partial charge is 0.269 e. The Morgan fingerprint density at radius 2 is 1.33 bits per heavy atom. The normalized spacial score (nSPS) is 13.0. The minimum absolute atomic E-state index is 0.0546. The van der Waals surface area contributed by atoms with Crippen molar-refractivity contribution in [2.75, 3.05) is 0 Å². The zero-order valence-corrected chi connectivity index (χ0v) is 20.3. The van der Waals surface area contributed by atoms with Crippen LogP contribution in [0.5, 0.6) is 0 Å². The average molecular weight is 501 g/mol. The molecule has 8 heteroatoms. The van der Waals surface area contributed by atoms with Gasteiger partial charge < -0.3 is 0 Å². The van der Waals surface area contributed by atoms with Crippen molar-refractivity contribution in [1.82, 2.24) is 4.72 Å². The molecule has 0 fully saturated rings. The monoisotopic (exact) mass is 500 g/mol. The van der Waals surface area contributed by atoms with Gasteiger partial charge >= 0.3 is 0 Å². The molecular formula is C28H24N2O5S. The zero-order chi connectivity index (χ0) is 25.7. The first-order valence-electron chi connectivity index (χ1n) is 11.2. The van der Waals surface area contributed by atoms with E-state index in [1.54, 1.807) is 66.7 Å². The van der Waals surface area contributed by atoms with Crippen LogP contribution in [0.2, 0.25) is 0 Å². The summed E-state index contributed by atoms with van der Waals surface area (Å²) in [5, 5.41) is 11.2. The lowest BCUT2D eigenvalue weighted by Crippen LogP contribution is -2.36. The standard InChI is InChI=1S/C28H24N2O5S/c1-20-12-18-25(19-13-20)36(34,35)29-27(22-14-16-24(17-15-22)30(32)33)26(21-8-4-2-5-9-21)28(31)23-10-6-3-7-11-23/h2-19,26-27,29H,1H3/t26-,27+/m0/s1. The Morgan fingerprint density at radius 1 is 0.778 bits per heavy atom. The number of sulfonamides is 1. The van der Waals surface area contributed by atoms with E-state index in [1.165, 1.54) is 36.4 Å². The van der Waals surface area contributed by atoms with E-state index in [1.807, 2.05) is 13.0 Å². The Bertz CT molecular complexity index is 1450. The topological polar surface area (TPSA) is 106 Å². The van der Waals surface area contributed by atoms with E-state index >= 15 is 0 Å². The number of aryl methyl sites for hydroxylation is 1. The predicted octanol–water partition coefficient (Wildman–Crippen LogP) is 5.59. The SMILES string of the molecule is Cc1ccc(S(=O)(=O)N[C@H](c2ccc([N+](=O)[O-])cc2)[C@@H](C(=O)c2ccccc2)c2ccccc2)cc1. The van der Waals surface area contributed by atoms with Gasteiger partial charge in [-0.05, 0) is 30.2 Å². The highest BCUT2D eigenvalue weighted by atomic mass is 32.2. The Kier molecular flexibility index (Phi) is 7.38. The second kappa shape index (κ2) is 10.6. The number of nitrogens with one attached hydrogen (secondary N) is 1. The highest BCUT2D eigenvalue weighted by Gasteiger charge is 2.35. The number of nitro benzene ring substituents is 1. The van der Waals surface area contributed by atoms with Crippen LogP contribution in [0.3, 0.4) is 0 Å². The summed E-state index contributed by atoms with van der Waals surface area (Å²) in [7, 11) is -4.06. The Morgan fingerprint density at radius 3 is 1.89 bits per heavy atom. The molecule has 0 aliphatic heterocycles. The molecule has 0 radical (unpaired) electrons. The van der Waals surface area contributed by atoms with E-state index in [0.29, 0.717) is 16.7 Å². The van der Waals surface area contributed by atoms with Crippen LogP contribution in [0.1, 0.15) is 39.0 Å². The molecule has 7 nitrogen and oxygen atoms in total. The summed E-state index contributed by atoms with van der Waals surface area (Å²) in [6.45, 7) is 1.85. The fourth-order valence-electron chi connectivity index (χ4n) is 4.02. The van der Waals surface area contributed by atoms with E-state index < -0.39 is 26.9 Å². The van der Waals surface area contributed by atoms with Gasteiger partial charge in [0.25, 0.3) is 5.69 Å². The van der Waals surface area contributed by atoms with Gasteiger partial charge in [-0.3, -0.25) is 14.9 Å². The van der Waals surface area contributed by atoms with Gasteiger partial charge in [-0.2, -0.15) is 0 Å². The van der Waals surface area contributed by atoms with Gasteiger partial charge in [0, 0.05) is 17.7 Å². The molecule has 2 atom stereocenters. The minimum Gasteiger partial charge on any atom is -0.293 e. The van der Waals surface area contributed by atoms with Crippen LogP contribution < -0.4 is 4.72 Å². The van der Waals surface area contributed by atoms with Crippen LogP contribution in [0.4, 0.5) is 5.69 Å². The zero-order valence-electron chi connectivity index (χ0n) is 19.4. The van der Waals surface area contributed by atoms with Crippen molar-refractivity contribution in [3.05, 3.63) is 142 Å². The van der Waals surface area contributed by atoms with Gasteiger partial charge in [-0.25, -0.2) is 13.1 Å². The predicted molar refractivity (Wildman–Crippen MR) is 137 cm³/mol. The molecule has 0 aliphatic carbocycles. The van der Waals surface area contributed by atoms with Crippen LogP contribution in [-0.2, 0) is 10.0 Å². The van der Waals surface area contributed by atoms with Crippen LogP contribution in [0.25, 0.3) is 0 Å². The van der Waals surface area contributed by atoms with Crippen molar-refractivity contribution in [3.8, 4) is 0 Å². The van der Waals surface area contributed by atoms with Crippen LogP contribution in [0, 0.1) is 17.0 Å². The second-order valence-corrected chi connectivity index (χ2v) is 10.1. The number of nitro groups is 1. The Hall–Kier alpha value is -4.14. The van der Waals surface area contributed by atoms with Crippen molar-refractivity contribution >= 4 is 21.5 Å². The lowest BCUT2D eigenvalue weighted by molar-refractivity contribution is -0.384. The third kappa shape index (κ3) is 5.56. The third-order valence-corrected chi connectivity index (χ3v) is 7.37. The number of carbonyl (C=O) groups excluding carboxylic acids is 1. The summed E-state index contributed by atoms with van der Waals surface area (Å²) >= 11 is 0. The molecule has 0 bridgehead atoms. The fourth-order valence-corrected chi connectivity index (χ4v) is 5.26. The number of Topliss-reactive ketones (excluding diaryl/α,β-unsaturated/α-hetero) is 1. The number of non-ortho nitro benzene ring substituents is 1. The number of nitrogens with zero attached hydrogens (tertiary/aromatic N) is 1. The van der Waals surface area contributed by atoms with E-state index in [2.05, 4.69) is 4.72 Å². The van der Waals surface area contributed by atoms with Gasteiger partial charge in [0.05, 0.1) is 21.8 Å². The number of hydrogen-bond acceptors (Lipinski definition) is 5. The fraction of sp³-hybridized carbons (Fsp3) is 0.107. The van der Waals surface area contributed by atoms with Crippen molar-refractivity contribution < 1.29 is 18.1 Å². The molecule has 0 heterocycles. The maximum absolute atomic E-state index is 13.9. The number of ketones is 1. The molecule has 36 heavy (non-hydrogen) atoms. The van der Waals surface area contributed by atoms with Gasteiger partial charge in [0.15, 0.2) is 5.78 Å². The van der Waals surface area contributed by atoms with Crippen LogP contribution >= 0.6 is 0 Å². The van der Waals surface area contributed by atoms with Gasteiger partial charge in [-0.1, -0.05) is 90.5 Å². The average Bonchev–Trinajstić information content (AvgIpc) is 2.89. The van der Waals surface area contributed by atoms with Crippen molar-refractivity contribution in [2.24, 2.45) is 0 Å². The molecule has 1 N–H and O–H groups in total. The molecule has 0 aromatic heterocycles. The van der Waals surface area contributed by atoms with Crippen LogP contribution in [-0.4, -0.2) is 19.1 Å². The lowest BCUT2D eigenvalue weighted by Gasteiger charge is -2.28. The van der Waals surface area contributed by atoms with E-state index in [-0.39, 0.29) is 16.4 Å². The first kappa shape index (κ1) is 25.0. The quantitative estimate of drug-likeness (QED) is 0.183. The molecule has 182 valence electrons. The van der Waals surface area contributed by atoms with Crippen molar-refractivity contribution in [3.63, 3.8) is 0 Å². The maximum atomic E-state index is 13.9. The Balaban J connectivity index is 1.87. The third-order valence-electron chi connectivity index (χ3n) is 5.91. The number of rotatable bonds is 9. The summed E-state index contributed by atoms with van der Waals surface area (Å²) in [4.78, 5) is 24.6. The van der Waals surface area contributed by atoms with E-state index in [0.717, 1.165) is 5.56 Å². The summed E-state index contributed by atoms with van der Waals surface area (Å²) < 4.78 is 29.7. The molecule has 0 aliphatic rings. The highest BCUT2D eigenvalue weighted by Crippen LogP contribution is 2.36. The lowest BCUT2D eigenvalue weighted by atomic mass is 9.82. The molecular weight excluding hydrogens is 476 g/mol. The summed E-state index contributed by atoms with van der Waals surface area (Å²) in [6, 6.07) is 28.5. The van der Waals surface area contributed by atoms with Crippen molar-refractivity contribution in [1.29, 1.82) is 0 Å². The first-order valence-corrected chi connectivity index (χ1v) is 12.7. The molecule has 0 unspecified atom stereocenters. The molecule has 4 aromatic carbocycles. The summed E-state index contributed by atoms with van der Waals surface area (Å²) in [5.41, 5.74) is 2.23. The molecule has 0 saturated heterocycles. The number of carbonyl (C=O) groups is 1. The molecule has 4 rings (SSSR count). The van der Waals surface area contributed by atoms with E-state index in [9.17, 15) is 23.3 Å².